The molecule has 1 unspecified atom stereocenters. The molecule has 2 aromatic rings. The molecule has 0 aliphatic heterocycles. The van der Waals surface area contributed by atoms with Gasteiger partial charge in [-0.3, -0.25) is 0 Å². The van der Waals surface area contributed by atoms with Crippen LogP contribution in [0.4, 0.5) is 13.2 Å². The van der Waals surface area contributed by atoms with E-state index in [0.717, 1.165) is 43.9 Å². The van der Waals surface area contributed by atoms with Crippen LogP contribution in [0.3, 0.4) is 0 Å². The molecule has 1 aliphatic rings. The summed E-state index contributed by atoms with van der Waals surface area (Å²) < 4.78 is 53.2. The third kappa shape index (κ3) is 4.58. The predicted octanol–water partition coefficient (Wildman–Crippen LogP) is 3.82. The lowest BCUT2D eigenvalue weighted by Gasteiger charge is -2.28. The molecule has 5 nitrogen and oxygen atoms in total. The van der Waals surface area contributed by atoms with E-state index in [1.165, 1.54) is 30.3 Å². The fourth-order valence-corrected chi connectivity index (χ4v) is 3.46. The number of halogens is 3. The van der Waals surface area contributed by atoms with Crippen molar-refractivity contribution in [3.8, 4) is 5.75 Å². The second kappa shape index (κ2) is 8.38. The Morgan fingerprint density at radius 2 is 1.73 bits per heavy atom. The molecule has 3 rings (SSSR count). The number of hydrogen-bond acceptors (Lipinski definition) is 5. The van der Waals surface area contributed by atoms with Crippen molar-refractivity contribution < 1.29 is 37.3 Å². The normalized spacial score (nSPS) is 16.7. The van der Waals surface area contributed by atoms with Crippen molar-refractivity contribution in [2.45, 2.75) is 50.2 Å². The summed E-state index contributed by atoms with van der Waals surface area (Å²) in [7, 11) is 0. The minimum absolute atomic E-state index is 0.197. The highest BCUT2D eigenvalue weighted by Crippen LogP contribution is 2.37. The van der Waals surface area contributed by atoms with Gasteiger partial charge in [-0.25, -0.2) is 9.18 Å². The number of carbonyl (C=O) groups is 2. The molecule has 1 fully saturated rings. The van der Waals surface area contributed by atoms with Gasteiger partial charge in [-0.05, 0) is 56.4 Å². The van der Waals surface area contributed by atoms with Crippen LogP contribution in [0.25, 0.3) is 0 Å². The SMILES string of the molecule is CC1(Oc2cc(C(=O)OC(c3ccccc3)C(F)(F)C(=O)[O-])ccc2F)CCCC1. The van der Waals surface area contributed by atoms with Crippen LogP contribution >= 0.6 is 0 Å². The highest BCUT2D eigenvalue weighted by Gasteiger charge is 2.45. The molecule has 160 valence electrons. The van der Waals surface area contributed by atoms with Crippen molar-refractivity contribution in [2.24, 2.45) is 0 Å². The minimum Gasteiger partial charge on any atom is -0.544 e. The first-order valence-corrected chi connectivity index (χ1v) is 9.46. The number of ether oxygens (including phenoxy) is 2. The van der Waals surface area contributed by atoms with E-state index in [9.17, 15) is 27.9 Å². The topological polar surface area (TPSA) is 75.7 Å². The van der Waals surface area contributed by atoms with Crippen molar-refractivity contribution >= 4 is 11.9 Å². The molecule has 1 atom stereocenters. The van der Waals surface area contributed by atoms with E-state index in [1.54, 1.807) is 0 Å². The van der Waals surface area contributed by atoms with E-state index in [1.807, 2.05) is 6.92 Å². The van der Waals surface area contributed by atoms with Crippen LogP contribution in [-0.4, -0.2) is 23.5 Å². The Morgan fingerprint density at radius 3 is 2.33 bits per heavy atom. The van der Waals surface area contributed by atoms with Crippen molar-refractivity contribution in [3.63, 3.8) is 0 Å². The predicted molar refractivity (Wildman–Crippen MR) is 98.5 cm³/mol. The van der Waals surface area contributed by atoms with Crippen LogP contribution in [0.2, 0.25) is 0 Å². The molecule has 0 saturated heterocycles. The molecular weight excluding hydrogens is 401 g/mol. The molecular formula is C22H20F3O5-. The Labute approximate surface area is 171 Å². The smallest absolute Gasteiger partial charge is 0.339 e. The Balaban J connectivity index is 1.87. The van der Waals surface area contributed by atoms with Crippen molar-refractivity contribution in [2.75, 3.05) is 0 Å². The Morgan fingerprint density at radius 1 is 1.10 bits per heavy atom. The summed E-state index contributed by atoms with van der Waals surface area (Å²) in [5.41, 5.74) is -1.06. The molecule has 0 radical (unpaired) electrons. The zero-order valence-electron chi connectivity index (χ0n) is 16.2. The first-order chi connectivity index (χ1) is 14.1. The van der Waals surface area contributed by atoms with Gasteiger partial charge in [0, 0.05) is 0 Å². The maximum absolute atomic E-state index is 14.2. The summed E-state index contributed by atoms with van der Waals surface area (Å²) in [6.07, 6.45) is 0.871. The number of carboxylic acid groups (broad SMARTS) is 1. The molecule has 0 bridgehead atoms. The summed E-state index contributed by atoms with van der Waals surface area (Å²) in [6, 6.07) is 9.83. The van der Waals surface area contributed by atoms with Gasteiger partial charge < -0.3 is 19.4 Å². The maximum Gasteiger partial charge on any atom is 0.339 e. The zero-order chi connectivity index (χ0) is 21.9. The van der Waals surface area contributed by atoms with Crippen LogP contribution in [0.15, 0.2) is 48.5 Å². The molecule has 0 N–H and O–H groups in total. The van der Waals surface area contributed by atoms with Gasteiger partial charge in [-0.1, -0.05) is 30.3 Å². The second-order valence-electron chi connectivity index (χ2n) is 7.51. The lowest BCUT2D eigenvalue weighted by molar-refractivity contribution is -0.336. The Hall–Kier alpha value is -3.03. The number of esters is 1. The fourth-order valence-electron chi connectivity index (χ4n) is 3.46. The number of carbonyl (C=O) groups excluding carboxylic acids is 2. The molecule has 30 heavy (non-hydrogen) atoms. The van der Waals surface area contributed by atoms with Gasteiger partial charge in [-0.2, -0.15) is 8.78 Å². The van der Waals surface area contributed by atoms with E-state index < -0.39 is 35.4 Å². The van der Waals surface area contributed by atoms with Crippen molar-refractivity contribution in [1.82, 2.24) is 0 Å². The van der Waals surface area contributed by atoms with E-state index in [4.69, 9.17) is 9.47 Å². The van der Waals surface area contributed by atoms with Gasteiger partial charge in [0.25, 0.3) is 0 Å². The first-order valence-electron chi connectivity index (χ1n) is 9.46. The molecule has 1 aliphatic carbocycles. The van der Waals surface area contributed by atoms with Crippen LogP contribution in [0, 0.1) is 5.82 Å². The number of benzene rings is 2. The third-order valence-electron chi connectivity index (χ3n) is 5.11. The summed E-state index contributed by atoms with van der Waals surface area (Å²) in [5.74, 6) is -9.31. The van der Waals surface area contributed by atoms with Crippen molar-refractivity contribution in [3.05, 3.63) is 65.5 Å². The summed E-state index contributed by atoms with van der Waals surface area (Å²) in [6.45, 7) is 1.83. The van der Waals surface area contributed by atoms with Gasteiger partial charge in [-0.15, -0.1) is 0 Å². The monoisotopic (exact) mass is 421 g/mol. The quantitative estimate of drug-likeness (QED) is 0.636. The Bertz CT molecular complexity index is 924. The Kier molecular flexibility index (Phi) is 6.05. The van der Waals surface area contributed by atoms with E-state index >= 15 is 0 Å². The molecule has 2 aromatic carbocycles. The number of hydrogen-bond donors (Lipinski definition) is 0. The zero-order valence-corrected chi connectivity index (χ0v) is 16.2. The molecule has 0 amide bonds. The lowest BCUT2D eigenvalue weighted by Crippen LogP contribution is -2.47. The summed E-state index contributed by atoms with van der Waals surface area (Å²) >= 11 is 0. The van der Waals surface area contributed by atoms with E-state index in [-0.39, 0.29) is 16.9 Å². The van der Waals surface area contributed by atoms with Crippen LogP contribution in [-0.2, 0) is 9.53 Å². The minimum atomic E-state index is -4.48. The van der Waals surface area contributed by atoms with E-state index in [0.29, 0.717) is 0 Å². The van der Waals surface area contributed by atoms with Crippen LogP contribution in [0.5, 0.6) is 5.75 Å². The number of rotatable bonds is 7. The fraction of sp³-hybridized carbons (Fsp3) is 0.364. The average molecular weight is 421 g/mol. The highest BCUT2D eigenvalue weighted by molar-refractivity contribution is 5.90. The van der Waals surface area contributed by atoms with Gasteiger partial charge in [0.15, 0.2) is 17.7 Å². The summed E-state index contributed by atoms with van der Waals surface area (Å²) in [4.78, 5) is 23.5. The van der Waals surface area contributed by atoms with Crippen LogP contribution in [0.1, 0.15) is 54.6 Å². The van der Waals surface area contributed by atoms with Gasteiger partial charge >= 0.3 is 11.9 Å². The second-order valence-corrected chi connectivity index (χ2v) is 7.51. The highest BCUT2D eigenvalue weighted by atomic mass is 19.3. The summed E-state index contributed by atoms with van der Waals surface area (Å²) in [5, 5.41) is 11.0. The van der Waals surface area contributed by atoms with E-state index in [2.05, 4.69) is 0 Å². The largest absolute Gasteiger partial charge is 0.544 e. The van der Waals surface area contributed by atoms with Gasteiger partial charge in [0.05, 0.1) is 5.56 Å². The number of aliphatic carboxylic acids is 1. The third-order valence-corrected chi connectivity index (χ3v) is 5.11. The molecule has 0 spiro atoms. The van der Waals surface area contributed by atoms with Crippen molar-refractivity contribution in [1.29, 1.82) is 0 Å². The standard InChI is InChI=1S/C22H21F3O5/c1-21(11-5-6-12-21)30-17-13-15(9-10-16(17)23)19(26)29-18(22(24,25)20(27)28)14-7-3-2-4-8-14/h2-4,7-10,13,18H,5-6,11-12H2,1H3,(H,27,28)/p-1. The number of alkyl halides is 2. The maximum atomic E-state index is 14.2. The van der Waals surface area contributed by atoms with Crippen LogP contribution < -0.4 is 9.84 Å². The number of carboxylic acids is 1. The average Bonchev–Trinajstić information content (AvgIpc) is 3.14. The molecule has 8 heteroatoms. The van der Waals surface area contributed by atoms with Gasteiger partial charge in [0.1, 0.15) is 11.6 Å². The molecule has 0 heterocycles. The molecule has 0 aromatic heterocycles. The molecule has 1 saturated carbocycles. The first kappa shape index (κ1) is 21.7. The lowest BCUT2D eigenvalue weighted by atomic mass is 10.0. The van der Waals surface area contributed by atoms with Gasteiger partial charge in [0.2, 0.25) is 0 Å².